The smallest absolute Gasteiger partial charge is 0.0687 e. The number of thioether (sulfide) groups is 1. The largest absolute Gasteiger partial charge is 0.361 e. The molecule has 0 radical (unpaired) electrons. The first-order valence-electron chi connectivity index (χ1n) is 5.80. The van der Waals surface area contributed by atoms with E-state index in [0.717, 1.165) is 5.88 Å². The van der Waals surface area contributed by atoms with Gasteiger partial charge >= 0.3 is 0 Å². The summed E-state index contributed by atoms with van der Waals surface area (Å²) in [4.78, 5) is 4.00. The van der Waals surface area contributed by atoms with Crippen LogP contribution in [0.5, 0.6) is 0 Å². The third-order valence-electron chi connectivity index (χ3n) is 2.92. The molecule has 0 saturated carbocycles. The predicted octanol–water partition coefficient (Wildman–Crippen LogP) is 4.05. The first kappa shape index (κ1) is 10.9. The highest BCUT2D eigenvalue weighted by Gasteiger charge is 2.20. The van der Waals surface area contributed by atoms with Crippen molar-refractivity contribution < 1.29 is 0 Å². The van der Waals surface area contributed by atoms with Gasteiger partial charge in [0.25, 0.3) is 0 Å². The van der Waals surface area contributed by atoms with E-state index in [4.69, 9.17) is 0 Å². The number of nitrogens with zero attached hydrogens (tertiary/aromatic N) is 1. The Labute approximate surface area is 96.9 Å². The maximum absolute atomic E-state index is 2.53. The number of unbranched alkanes of at least 4 members (excludes halogenated alkanes) is 2. The summed E-state index contributed by atoms with van der Waals surface area (Å²) in [6, 6.07) is 6.63. The quantitative estimate of drug-likeness (QED) is 0.705. The first-order chi connectivity index (χ1) is 7.33. The van der Waals surface area contributed by atoms with Gasteiger partial charge in [-0.25, -0.2) is 0 Å². The molecule has 82 valence electrons. The average Bonchev–Trinajstić information content (AvgIpc) is 2.63. The Kier molecular flexibility index (Phi) is 3.57. The lowest BCUT2D eigenvalue weighted by atomic mass is 10.1. The molecule has 15 heavy (non-hydrogen) atoms. The molecule has 0 saturated heterocycles. The standard InChI is InChI=1S/C13H19NS/c1-3-4-5-9-14-10-15-12-8-6-7-11(2)13(12)14/h6-8H,3-5,9-10H2,1-2H3. The third kappa shape index (κ3) is 2.31. The molecule has 1 aliphatic rings. The molecule has 0 spiro atoms. The van der Waals surface area contributed by atoms with Crippen LogP contribution in [0.25, 0.3) is 0 Å². The Bertz CT molecular complexity index is 335. The zero-order valence-electron chi connectivity index (χ0n) is 9.62. The summed E-state index contributed by atoms with van der Waals surface area (Å²) in [7, 11) is 0. The number of rotatable bonds is 4. The molecule has 0 N–H and O–H groups in total. The number of hydrogen-bond acceptors (Lipinski definition) is 2. The summed E-state index contributed by atoms with van der Waals surface area (Å²) < 4.78 is 0. The van der Waals surface area contributed by atoms with Crippen molar-refractivity contribution in [2.24, 2.45) is 0 Å². The lowest BCUT2D eigenvalue weighted by molar-refractivity contribution is 0.701. The first-order valence-corrected chi connectivity index (χ1v) is 6.79. The second-order valence-electron chi connectivity index (χ2n) is 4.17. The van der Waals surface area contributed by atoms with E-state index in [2.05, 4.69) is 36.9 Å². The minimum atomic E-state index is 1.14. The Hall–Kier alpha value is -0.630. The Morgan fingerprint density at radius 2 is 2.20 bits per heavy atom. The summed E-state index contributed by atoms with van der Waals surface area (Å²) in [6.45, 7) is 5.70. The van der Waals surface area contributed by atoms with Crippen LogP contribution in [0.15, 0.2) is 23.1 Å². The summed E-state index contributed by atoms with van der Waals surface area (Å²) >= 11 is 1.97. The van der Waals surface area contributed by atoms with Crippen LogP contribution in [0.3, 0.4) is 0 Å². The summed E-state index contributed by atoms with van der Waals surface area (Å²) in [5.41, 5.74) is 2.91. The van der Waals surface area contributed by atoms with Crippen LogP contribution in [-0.2, 0) is 0 Å². The van der Waals surface area contributed by atoms with E-state index in [1.165, 1.54) is 42.0 Å². The summed E-state index contributed by atoms with van der Waals surface area (Å²) in [6.07, 6.45) is 3.98. The van der Waals surface area contributed by atoms with Gasteiger partial charge in [0.2, 0.25) is 0 Å². The Morgan fingerprint density at radius 1 is 1.33 bits per heavy atom. The van der Waals surface area contributed by atoms with Crippen LogP contribution in [-0.4, -0.2) is 12.4 Å². The van der Waals surface area contributed by atoms with Gasteiger partial charge in [-0.2, -0.15) is 0 Å². The molecule has 1 heterocycles. The molecule has 1 nitrogen and oxygen atoms in total. The fourth-order valence-electron chi connectivity index (χ4n) is 2.09. The summed E-state index contributed by atoms with van der Waals surface area (Å²) in [5.74, 6) is 1.14. The lowest BCUT2D eigenvalue weighted by Gasteiger charge is -2.19. The van der Waals surface area contributed by atoms with Gasteiger partial charge in [-0.1, -0.05) is 31.9 Å². The molecule has 0 unspecified atom stereocenters. The highest BCUT2D eigenvalue weighted by Crippen LogP contribution is 2.40. The second-order valence-corrected chi connectivity index (χ2v) is 5.15. The molecule has 0 bridgehead atoms. The molecule has 1 aromatic carbocycles. The molecule has 1 aromatic rings. The second kappa shape index (κ2) is 4.93. The monoisotopic (exact) mass is 221 g/mol. The number of benzene rings is 1. The van der Waals surface area contributed by atoms with Crippen molar-refractivity contribution in [3.05, 3.63) is 23.8 Å². The molecule has 2 rings (SSSR count). The van der Waals surface area contributed by atoms with Gasteiger partial charge in [0.1, 0.15) is 0 Å². The van der Waals surface area contributed by atoms with E-state index in [1.54, 1.807) is 0 Å². The maximum atomic E-state index is 2.53. The molecule has 0 fully saturated rings. The highest BCUT2D eigenvalue weighted by molar-refractivity contribution is 7.99. The van der Waals surface area contributed by atoms with Crippen molar-refractivity contribution in [1.29, 1.82) is 0 Å². The van der Waals surface area contributed by atoms with E-state index < -0.39 is 0 Å². The average molecular weight is 221 g/mol. The van der Waals surface area contributed by atoms with E-state index in [9.17, 15) is 0 Å². The van der Waals surface area contributed by atoms with E-state index >= 15 is 0 Å². The van der Waals surface area contributed by atoms with Gasteiger partial charge in [0.15, 0.2) is 0 Å². The van der Waals surface area contributed by atoms with Gasteiger partial charge in [-0.15, -0.1) is 11.8 Å². The van der Waals surface area contributed by atoms with Crippen molar-refractivity contribution in [3.63, 3.8) is 0 Å². The van der Waals surface area contributed by atoms with Crippen molar-refractivity contribution in [1.82, 2.24) is 0 Å². The Balaban J connectivity index is 2.07. The van der Waals surface area contributed by atoms with Crippen molar-refractivity contribution >= 4 is 17.4 Å². The minimum absolute atomic E-state index is 1.14. The van der Waals surface area contributed by atoms with Gasteiger partial charge in [-0.05, 0) is 25.0 Å². The SMILES string of the molecule is CCCCCN1CSc2cccc(C)c21. The fraction of sp³-hybridized carbons (Fsp3) is 0.538. The molecule has 0 amide bonds. The van der Waals surface area contributed by atoms with E-state index in [-0.39, 0.29) is 0 Å². The summed E-state index contributed by atoms with van der Waals surface area (Å²) in [5, 5.41) is 0. The zero-order chi connectivity index (χ0) is 10.7. The van der Waals surface area contributed by atoms with Crippen molar-refractivity contribution in [3.8, 4) is 0 Å². The lowest BCUT2D eigenvalue weighted by Crippen LogP contribution is -2.21. The van der Waals surface area contributed by atoms with E-state index in [0.29, 0.717) is 0 Å². The zero-order valence-corrected chi connectivity index (χ0v) is 10.4. The van der Waals surface area contributed by atoms with Crippen LogP contribution in [0.1, 0.15) is 31.7 Å². The molecular weight excluding hydrogens is 202 g/mol. The Morgan fingerprint density at radius 3 is 3.00 bits per heavy atom. The number of fused-ring (bicyclic) bond motifs is 1. The van der Waals surface area contributed by atoms with Gasteiger partial charge in [0, 0.05) is 11.4 Å². The fourth-order valence-corrected chi connectivity index (χ4v) is 3.25. The number of anilines is 1. The van der Waals surface area contributed by atoms with Gasteiger partial charge < -0.3 is 4.90 Å². The van der Waals surface area contributed by atoms with Crippen LogP contribution < -0.4 is 4.90 Å². The van der Waals surface area contributed by atoms with Crippen LogP contribution in [0.4, 0.5) is 5.69 Å². The van der Waals surface area contributed by atoms with Crippen LogP contribution in [0.2, 0.25) is 0 Å². The number of hydrogen-bond donors (Lipinski definition) is 0. The minimum Gasteiger partial charge on any atom is -0.361 e. The molecule has 0 aromatic heterocycles. The molecule has 1 aliphatic heterocycles. The predicted molar refractivity (Wildman–Crippen MR) is 68.8 cm³/mol. The third-order valence-corrected chi connectivity index (χ3v) is 4.01. The van der Waals surface area contributed by atoms with Crippen molar-refractivity contribution in [2.75, 3.05) is 17.3 Å². The highest BCUT2D eigenvalue weighted by atomic mass is 32.2. The molecule has 0 atom stereocenters. The van der Waals surface area contributed by atoms with Crippen molar-refractivity contribution in [2.45, 2.75) is 38.0 Å². The van der Waals surface area contributed by atoms with Gasteiger partial charge in [-0.3, -0.25) is 0 Å². The number of para-hydroxylation sites is 1. The van der Waals surface area contributed by atoms with Gasteiger partial charge in [0.05, 0.1) is 11.6 Å². The van der Waals surface area contributed by atoms with Crippen LogP contribution >= 0.6 is 11.8 Å². The topological polar surface area (TPSA) is 3.24 Å². The molecular formula is C13H19NS. The van der Waals surface area contributed by atoms with Crippen LogP contribution in [0, 0.1) is 6.92 Å². The molecule has 0 aliphatic carbocycles. The normalized spacial score (nSPS) is 14.4. The molecule has 2 heteroatoms. The van der Waals surface area contributed by atoms with E-state index in [1.807, 2.05) is 11.8 Å². The maximum Gasteiger partial charge on any atom is 0.0687 e. The number of aryl methyl sites for hydroxylation is 1.